The first-order valence-corrected chi connectivity index (χ1v) is 7.76. The topological polar surface area (TPSA) is 89.9 Å². The molecule has 0 aliphatic carbocycles. The predicted octanol–water partition coefficient (Wildman–Crippen LogP) is 0.995. The number of ether oxygens (including phenoxy) is 1. The number of carbonyl (C=O) groups is 1. The minimum atomic E-state index is -3.47. The van der Waals surface area contributed by atoms with Crippen LogP contribution in [0.3, 0.4) is 0 Å². The van der Waals surface area contributed by atoms with Gasteiger partial charge in [0.1, 0.15) is 24.6 Å². The minimum absolute atomic E-state index is 0.0753. The van der Waals surface area contributed by atoms with Crippen LogP contribution in [0.1, 0.15) is 24.2 Å². The lowest BCUT2D eigenvalue weighted by Crippen LogP contribution is -2.30. The molecule has 0 bridgehead atoms. The van der Waals surface area contributed by atoms with Crippen molar-refractivity contribution in [3.8, 4) is 5.75 Å². The molecule has 112 valence electrons. The number of ketones is 1. The van der Waals surface area contributed by atoms with Crippen LogP contribution in [0.5, 0.6) is 5.75 Å². The Balaban J connectivity index is 2.53. The highest BCUT2D eigenvalue weighted by atomic mass is 32.2. The second-order valence-corrected chi connectivity index (χ2v) is 6.43. The largest absolute Gasteiger partial charge is 0.491 e. The van der Waals surface area contributed by atoms with E-state index < -0.39 is 15.7 Å². The van der Waals surface area contributed by atoms with E-state index in [0.717, 1.165) is 6.26 Å². The maximum absolute atomic E-state index is 11.8. The number of hydrogen-bond donors (Lipinski definition) is 1. The van der Waals surface area contributed by atoms with Crippen LogP contribution < -0.4 is 4.74 Å². The van der Waals surface area contributed by atoms with E-state index in [1.807, 2.05) is 0 Å². The molecule has 1 N–H and O–H groups in total. The van der Waals surface area contributed by atoms with Gasteiger partial charge in [-0.2, -0.15) is 8.42 Å². The molecule has 7 heteroatoms. The van der Waals surface area contributed by atoms with Gasteiger partial charge in [0.05, 0.1) is 6.26 Å². The van der Waals surface area contributed by atoms with Crippen molar-refractivity contribution in [3.05, 3.63) is 29.8 Å². The predicted molar refractivity (Wildman–Crippen MR) is 73.4 cm³/mol. The third-order valence-corrected chi connectivity index (χ3v) is 2.92. The Morgan fingerprint density at radius 1 is 1.20 bits per heavy atom. The summed E-state index contributed by atoms with van der Waals surface area (Å²) in [7, 11) is -3.47. The Hall–Kier alpha value is -1.44. The first-order chi connectivity index (χ1) is 9.09. The Bertz CT molecular complexity index is 554. The normalized spacial score (nSPS) is 12.2. The van der Waals surface area contributed by atoms with Crippen LogP contribution in [0.4, 0.5) is 0 Å². The van der Waals surface area contributed by atoms with Crippen LogP contribution in [-0.4, -0.2) is 44.4 Å². The minimum Gasteiger partial charge on any atom is -0.491 e. The molecular formula is C13H18O6S. The van der Waals surface area contributed by atoms with Crippen molar-refractivity contribution >= 4 is 15.9 Å². The van der Waals surface area contributed by atoms with E-state index in [2.05, 4.69) is 4.18 Å². The molecule has 0 spiro atoms. The molecule has 0 amide bonds. The molecule has 6 nitrogen and oxygen atoms in total. The lowest BCUT2D eigenvalue weighted by Gasteiger charge is -2.15. The summed E-state index contributed by atoms with van der Waals surface area (Å²) in [5.74, 6) is 0.0962. The second-order valence-electron chi connectivity index (χ2n) is 4.79. The molecule has 0 fully saturated rings. The SMILES string of the molecule is CC(C)(O)C(=O)c1ccc(OCCOS(C)(=O)=O)cc1. The maximum atomic E-state index is 11.8. The van der Waals surface area contributed by atoms with E-state index in [4.69, 9.17) is 4.74 Å². The van der Waals surface area contributed by atoms with Gasteiger partial charge < -0.3 is 9.84 Å². The van der Waals surface area contributed by atoms with Gasteiger partial charge in [0.2, 0.25) is 0 Å². The third kappa shape index (κ3) is 5.68. The van der Waals surface area contributed by atoms with Crippen LogP contribution in [0.15, 0.2) is 24.3 Å². The molecule has 0 saturated heterocycles. The molecule has 1 rings (SSSR count). The van der Waals surface area contributed by atoms with Gasteiger partial charge in [-0.25, -0.2) is 0 Å². The first-order valence-electron chi connectivity index (χ1n) is 5.94. The molecule has 0 saturated carbocycles. The Morgan fingerprint density at radius 2 is 1.75 bits per heavy atom. The molecule has 0 heterocycles. The fourth-order valence-corrected chi connectivity index (χ4v) is 1.77. The number of benzene rings is 1. The molecular weight excluding hydrogens is 284 g/mol. The number of hydrogen-bond acceptors (Lipinski definition) is 6. The van der Waals surface area contributed by atoms with Gasteiger partial charge in [-0.3, -0.25) is 8.98 Å². The first kappa shape index (κ1) is 16.6. The van der Waals surface area contributed by atoms with Crippen LogP contribution in [0.2, 0.25) is 0 Å². The Labute approximate surface area is 118 Å². The highest BCUT2D eigenvalue weighted by Gasteiger charge is 2.24. The summed E-state index contributed by atoms with van der Waals surface area (Å²) in [4.78, 5) is 11.8. The second kappa shape index (κ2) is 6.34. The van der Waals surface area contributed by atoms with Crippen molar-refractivity contribution in [2.45, 2.75) is 19.4 Å². The van der Waals surface area contributed by atoms with E-state index in [0.29, 0.717) is 11.3 Å². The molecule has 0 unspecified atom stereocenters. The summed E-state index contributed by atoms with van der Waals surface area (Å²) in [5.41, 5.74) is -1.05. The number of carbonyl (C=O) groups excluding carboxylic acids is 1. The summed E-state index contributed by atoms with van der Waals surface area (Å²) in [6.07, 6.45) is 0.962. The zero-order valence-electron chi connectivity index (χ0n) is 11.6. The Kier molecular flexibility index (Phi) is 5.27. The van der Waals surface area contributed by atoms with E-state index >= 15 is 0 Å². The number of aliphatic hydroxyl groups is 1. The van der Waals surface area contributed by atoms with Crippen molar-refractivity contribution in [2.24, 2.45) is 0 Å². The average Bonchev–Trinajstić information content (AvgIpc) is 2.32. The summed E-state index contributed by atoms with van der Waals surface area (Å²) in [5, 5.41) is 9.60. The van der Waals surface area contributed by atoms with Crippen LogP contribution in [0, 0.1) is 0 Å². The van der Waals surface area contributed by atoms with Crippen LogP contribution in [0.25, 0.3) is 0 Å². The smallest absolute Gasteiger partial charge is 0.264 e. The molecule has 0 aliphatic heterocycles. The molecule has 0 aliphatic rings. The van der Waals surface area contributed by atoms with Gasteiger partial charge in [0, 0.05) is 5.56 Å². The lowest BCUT2D eigenvalue weighted by molar-refractivity contribution is 0.0488. The van der Waals surface area contributed by atoms with E-state index in [1.165, 1.54) is 26.0 Å². The molecule has 1 aromatic rings. The summed E-state index contributed by atoms with van der Waals surface area (Å²) in [6.45, 7) is 2.83. The molecule has 0 atom stereocenters. The van der Waals surface area contributed by atoms with Crippen molar-refractivity contribution < 1.29 is 27.2 Å². The average molecular weight is 302 g/mol. The van der Waals surface area contributed by atoms with Crippen molar-refractivity contribution in [2.75, 3.05) is 19.5 Å². The summed E-state index contributed by atoms with van der Waals surface area (Å²) >= 11 is 0. The highest BCUT2D eigenvalue weighted by molar-refractivity contribution is 7.85. The molecule has 0 aromatic heterocycles. The summed E-state index contributed by atoms with van der Waals surface area (Å²) < 4.78 is 31.2. The quantitative estimate of drug-likeness (QED) is 0.459. The standard InChI is InChI=1S/C13H18O6S/c1-13(2,15)12(14)10-4-6-11(7-5-10)18-8-9-19-20(3,16)17/h4-7,15H,8-9H2,1-3H3. The molecule has 1 aromatic carbocycles. The fourth-order valence-electron chi connectivity index (χ4n) is 1.40. The van der Waals surface area contributed by atoms with Gasteiger partial charge >= 0.3 is 0 Å². The highest BCUT2D eigenvalue weighted by Crippen LogP contribution is 2.17. The van der Waals surface area contributed by atoms with Gasteiger partial charge in [-0.1, -0.05) is 0 Å². The monoisotopic (exact) mass is 302 g/mol. The van der Waals surface area contributed by atoms with Gasteiger partial charge in [0.15, 0.2) is 5.78 Å². The van der Waals surface area contributed by atoms with Crippen LogP contribution in [-0.2, 0) is 14.3 Å². The van der Waals surface area contributed by atoms with Crippen molar-refractivity contribution in [3.63, 3.8) is 0 Å². The van der Waals surface area contributed by atoms with Crippen LogP contribution >= 0.6 is 0 Å². The lowest BCUT2D eigenvalue weighted by atomic mass is 9.97. The fraction of sp³-hybridized carbons (Fsp3) is 0.462. The van der Waals surface area contributed by atoms with E-state index in [-0.39, 0.29) is 19.0 Å². The van der Waals surface area contributed by atoms with Gasteiger partial charge in [-0.05, 0) is 38.1 Å². The summed E-state index contributed by atoms with van der Waals surface area (Å²) in [6, 6.07) is 6.21. The number of rotatable bonds is 7. The molecule has 20 heavy (non-hydrogen) atoms. The molecule has 0 radical (unpaired) electrons. The number of Topliss-reactive ketones (excluding diaryl/α,β-unsaturated/α-hetero) is 1. The van der Waals surface area contributed by atoms with E-state index in [1.54, 1.807) is 12.1 Å². The zero-order chi connectivity index (χ0) is 15.4. The van der Waals surface area contributed by atoms with Crippen molar-refractivity contribution in [1.82, 2.24) is 0 Å². The van der Waals surface area contributed by atoms with Gasteiger partial charge in [0.25, 0.3) is 10.1 Å². The Morgan fingerprint density at radius 3 is 2.20 bits per heavy atom. The maximum Gasteiger partial charge on any atom is 0.264 e. The third-order valence-electron chi connectivity index (χ3n) is 2.32. The zero-order valence-corrected chi connectivity index (χ0v) is 12.4. The van der Waals surface area contributed by atoms with E-state index in [9.17, 15) is 18.3 Å². The van der Waals surface area contributed by atoms with Crippen molar-refractivity contribution in [1.29, 1.82) is 0 Å². The van der Waals surface area contributed by atoms with Gasteiger partial charge in [-0.15, -0.1) is 0 Å².